The van der Waals surface area contributed by atoms with Crippen LogP contribution in [0.4, 0.5) is 0 Å². The first-order valence-electron chi connectivity index (χ1n) is 6.09. The molecule has 110 valence electrons. The van der Waals surface area contributed by atoms with Gasteiger partial charge in [0.05, 0.1) is 19.3 Å². The van der Waals surface area contributed by atoms with E-state index in [0.29, 0.717) is 5.56 Å². The highest BCUT2D eigenvalue weighted by atomic mass is 16.6. The third kappa shape index (κ3) is 4.75. The SMILES string of the molecule is COCCOC(=O)/C(C#N)=C/c1ccccc1C(=O)OC. The van der Waals surface area contributed by atoms with Crippen molar-refractivity contribution in [2.24, 2.45) is 0 Å². The van der Waals surface area contributed by atoms with Crippen LogP contribution >= 0.6 is 0 Å². The number of rotatable bonds is 6. The van der Waals surface area contributed by atoms with Crippen LogP contribution in [0.5, 0.6) is 0 Å². The van der Waals surface area contributed by atoms with E-state index >= 15 is 0 Å². The van der Waals surface area contributed by atoms with E-state index in [0.717, 1.165) is 0 Å². The van der Waals surface area contributed by atoms with Crippen LogP contribution in [-0.2, 0) is 19.0 Å². The van der Waals surface area contributed by atoms with Gasteiger partial charge in [-0.25, -0.2) is 9.59 Å². The van der Waals surface area contributed by atoms with Crippen molar-refractivity contribution in [1.82, 2.24) is 0 Å². The summed E-state index contributed by atoms with van der Waals surface area (Å²) in [5, 5.41) is 9.03. The van der Waals surface area contributed by atoms with E-state index in [1.807, 2.05) is 0 Å². The Morgan fingerprint density at radius 1 is 1.24 bits per heavy atom. The van der Waals surface area contributed by atoms with Gasteiger partial charge in [0.25, 0.3) is 0 Å². The van der Waals surface area contributed by atoms with Gasteiger partial charge in [-0.2, -0.15) is 5.26 Å². The molecule has 1 aromatic carbocycles. The Kier molecular flexibility index (Phi) is 6.65. The minimum Gasteiger partial charge on any atom is -0.465 e. The number of hydrogen-bond donors (Lipinski definition) is 0. The molecule has 1 aromatic rings. The molecular weight excluding hydrogens is 274 g/mol. The second kappa shape index (κ2) is 8.51. The Balaban J connectivity index is 3.01. The molecule has 0 radical (unpaired) electrons. The quantitative estimate of drug-likeness (QED) is 0.342. The predicted octanol–water partition coefficient (Wildman–Crippen LogP) is 1.57. The number of nitriles is 1. The second-order valence-corrected chi connectivity index (χ2v) is 3.88. The van der Waals surface area contributed by atoms with E-state index in [1.54, 1.807) is 30.3 Å². The molecule has 0 saturated carbocycles. The second-order valence-electron chi connectivity index (χ2n) is 3.88. The molecule has 0 aromatic heterocycles. The standard InChI is InChI=1S/C15H15NO5/c1-19-7-8-21-14(17)12(10-16)9-11-5-3-4-6-13(11)15(18)20-2/h3-6,9H,7-8H2,1-2H3/b12-9+. The molecule has 0 aliphatic carbocycles. The molecule has 0 unspecified atom stereocenters. The number of methoxy groups -OCH3 is 2. The lowest BCUT2D eigenvalue weighted by Crippen LogP contribution is -2.11. The van der Waals surface area contributed by atoms with Crippen molar-refractivity contribution < 1.29 is 23.8 Å². The van der Waals surface area contributed by atoms with Crippen molar-refractivity contribution in [3.05, 3.63) is 41.0 Å². The van der Waals surface area contributed by atoms with Crippen molar-refractivity contribution in [3.63, 3.8) is 0 Å². The highest BCUT2D eigenvalue weighted by Gasteiger charge is 2.14. The van der Waals surface area contributed by atoms with E-state index < -0.39 is 11.9 Å². The summed E-state index contributed by atoms with van der Waals surface area (Å²) >= 11 is 0. The summed E-state index contributed by atoms with van der Waals surface area (Å²) < 4.78 is 14.3. The molecule has 6 heteroatoms. The van der Waals surface area contributed by atoms with Crippen LogP contribution in [0.3, 0.4) is 0 Å². The minimum absolute atomic E-state index is 0.0486. The summed E-state index contributed by atoms with van der Waals surface area (Å²) in [4.78, 5) is 23.3. The van der Waals surface area contributed by atoms with E-state index in [1.165, 1.54) is 20.3 Å². The molecule has 21 heavy (non-hydrogen) atoms. The first-order valence-corrected chi connectivity index (χ1v) is 6.09. The van der Waals surface area contributed by atoms with E-state index in [4.69, 9.17) is 14.7 Å². The van der Waals surface area contributed by atoms with Crippen LogP contribution in [0.25, 0.3) is 6.08 Å². The summed E-state index contributed by atoms with van der Waals surface area (Å²) in [6, 6.07) is 8.25. The first kappa shape index (κ1) is 16.4. The highest BCUT2D eigenvalue weighted by molar-refractivity contribution is 6.01. The molecule has 0 N–H and O–H groups in total. The van der Waals surface area contributed by atoms with Gasteiger partial charge in [-0.15, -0.1) is 0 Å². The molecule has 6 nitrogen and oxygen atoms in total. The van der Waals surface area contributed by atoms with Crippen LogP contribution in [0.2, 0.25) is 0 Å². The highest BCUT2D eigenvalue weighted by Crippen LogP contribution is 2.15. The van der Waals surface area contributed by atoms with Gasteiger partial charge >= 0.3 is 11.9 Å². The Labute approximate surface area is 122 Å². The third-order valence-electron chi connectivity index (χ3n) is 2.53. The molecule has 0 amide bonds. The number of carbonyl (C=O) groups is 2. The molecule has 0 aliphatic heterocycles. The molecule has 0 fully saturated rings. The molecule has 0 aliphatic rings. The number of carbonyl (C=O) groups excluding carboxylic acids is 2. The zero-order valence-electron chi connectivity index (χ0n) is 11.8. The lowest BCUT2D eigenvalue weighted by atomic mass is 10.0. The van der Waals surface area contributed by atoms with Gasteiger partial charge < -0.3 is 14.2 Å². The minimum atomic E-state index is -0.769. The lowest BCUT2D eigenvalue weighted by molar-refractivity contribution is -0.139. The Morgan fingerprint density at radius 2 is 1.95 bits per heavy atom. The van der Waals surface area contributed by atoms with Gasteiger partial charge in [0, 0.05) is 7.11 Å². The average Bonchev–Trinajstić information content (AvgIpc) is 2.52. The number of nitrogens with zero attached hydrogens (tertiary/aromatic N) is 1. The van der Waals surface area contributed by atoms with E-state index in [9.17, 15) is 9.59 Å². The van der Waals surface area contributed by atoms with Crippen molar-refractivity contribution in [1.29, 1.82) is 5.26 Å². The van der Waals surface area contributed by atoms with Crippen LogP contribution in [0, 0.1) is 11.3 Å². The largest absolute Gasteiger partial charge is 0.465 e. The smallest absolute Gasteiger partial charge is 0.348 e. The molecule has 0 spiro atoms. The summed E-state index contributed by atoms with van der Waals surface area (Å²) in [6.45, 7) is 0.288. The first-order chi connectivity index (χ1) is 10.1. The fourth-order valence-corrected chi connectivity index (χ4v) is 1.51. The number of ether oxygens (including phenoxy) is 3. The molecule has 0 atom stereocenters. The maximum atomic E-state index is 11.7. The summed E-state index contributed by atoms with van der Waals surface area (Å²) in [5.74, 6) is -1.32. The summed E-state index contributed by atoms with van der Waals surface area (Å²) in [7, 11) is 2.73. The van der Waals surface area contributed by atoms with Crippen LogP contribution in [0.15, 0.2) is 29.8 Å². The molecular formula is C15H15NO5. The monoisotopic (exact) mass is 289 g/mol. The zero-order valence-corrected chi connectivity index (χ0v) is 11.8. The molecule has 0 saturated heterocycles. The van der Waals surface area contributed by atoms with Crippen molar-refractivity contribution >= 4 is 18.0 Å². The lowest BCUT2D eigenvalue weighted by Gasteiger charge is -2.05. The fraction of sp³-hybridized carbons (Fsp3) is 0.267. The normalized spacial score (nSPS) is 10.6. The molecule has 1 rings (SSSR count). The van der Waals surface area contributed by atoms with Gasteiger partial charge in [-0.3, -0.25) is 0 Å². The Morgan fingerprint density at radius 3 is 2.57 bits per heavy atom. The van der Waals surface area contributed by atoms with Crippen LogP contribution < -0.4 is 0 Å². The zero-order chi connectivity index (χ0) is 15.7. The van der Waals surface area contributed by atoms with E-state index in [2.05, 4.69) is 4.74 Å². The summed E-state index contributed by atoms with van der Waals surface area (Å²) in [6.07, 6.45) is 1.29. The number of esters is 2. The van der Waals surface area contributed by atoms with E-state index in [-0.39, 0.29) is 24.4 Å². The van der Waals surface area contributed by atoms with Crippen molar-refractivity contribution in [2.75, 3.05) is 27.4 Å². The molecule has 0 heterocycles. The molecule has 0 bridgehead atoms. The van der Waals surface area contributed by atoms with Crippen LogP contribution in [0.1, 0.15) is 15.9 Å². The van der Waals surface area contributed by atoms with Gasteiger partial charge in [0.2, 0.25) is 0 Å². The Hall–Kier alpha value is -2.65. The fourth-order valence-electron chi connectivity index (χ4n) is 1.51. The summed E-state index contributed by atoms with van der Waals surface area (Å²) in [5.41, 5.74) is 0.462. The van der Waals surface area contributed by atoms with Crippen LogP contribution in [-0.4, -0.2) is 39.4 Å². The third-order valence-corrected chi connectivity index (χ3v) is 2.53. The van der Waals surface area contributed by atoms with Gasteiger partial charge in [0.1, 0.15) is 18.2 Å². The predicted molar refractivity (Wildman–Crippen MR) is 74.2 cm³/mol. The Bertz CT molecular complexity index is 586. The van der Waals surface area contributed by atoms with Gasteiger partial charge in [0.15, 0.2) is 0 Å². The van der Waals surface area contributed by atoms with Gasteiger partial charge in [-0.1, -0.05) is 18.2 Å². The number of benzene rings is 1. The average molecular weight is 289 g/mol. The maximum absolute atomic E-state index is 11.7. The number of hydrogen-bond acceptors (Lipinski definition) is 6. The maximum Gasteiger partial charge on any atom is 0.348 e. The van der Waals surface area contributed by atoms with Gasteiger partial charge in [-0.05, 0) is 17.7 Å². The van der Waals surface area contributed by atoms with Crippen molar-refractivity contribution in [2.45, 2.75) is 0 Å². The van der Waals surface area contributed by atoms with Crippen molar-refractivity contribution in [3.8, 4) is 6.07 Å². The topological polar surface area (TPSA) is 85.6 Å².